The van der Waals surface area contributed by atoms with E-state index < -0.39 is 0 Å². The molecule has 1 aromatic heterocycles. The Kier molecular flexibility index (Phi) is 7.28. The highest BCUT2D eigenvalue weighted by molar-refractivity contribution is 8.00. The maximum Gasteiger partial charge on any atom is 0.272 e. The molecule has 3 aromatic rings. The zero-order chi connectivity index (χ0) is 24.2. The Morgan fingerprint density at radius 1 is 1.12 bits per heavy atom. The first kappa shape index (κ1) is 23.9. The van der Waals surface area contributed by atoms with Gasteiger partial charge in [0.05, 0.1) is 29.1 Å². The first-order chi connectivity index (χ1) is 16.3. The summed E-state index contributed by atoms with van der Waals surface area (Å²) in [5.41, 5.74) is 2.58. The molecule has 2 aromatic carbocycles. The van der Waals surface area contributed by atoms with Crippen LogP contribution in [0.1, 0.15) is 19.5 Å². The Labute approximate surface area is 205 Å². The van der Waals surface area contributed by atoms with Gasteiger partial charge in [0.25, 0.3) is 5.56 Å². The van der Waals surface area contributed by atoms with Crippen molar-refractivity contribution in [1.82, 2.24) is 9.55 Å². The molecule has 2 amide bonds. The molecule has 1 atom stereocenters. The van der Waals surface area contributed by atoms with Crippen molar-refractivity contribution in [3.05, 3.63) is 64.6 Å². The van der Waals surface area contributed by atoms with Crippen molar-refractivity contribution in [2.24, 2.45) is 0 Å². The van der Waals surface area contributed by atoms with E-state index >= 15 is 0 Å². The van der Waals surface area contributed by atoms with Gasteiger partial charge in [0.2, 0.25) is 11.8 Å². The molecule has 0 fully saturated rings. The fourth-order valence-electron chi connectivity index (χ4n) is 3.52. The predicted molar refractivity (Wildman–Crippen MR) is 136 cm³/mol. The third-order valence-corrected chi connectivity index (χ3v) is 7.19. The summed E-state index contributed by atoms with van der Waals surface area (Å²) in [4.78, 5) is 42.5. The molecule has 2 N–H and O–H groups in total. The van der Waals surface area contributed by atoms with Crippen LogP contribution in [0.15, 0.2) is 63.4 Å². The van der Waals surface area contributed by atoms with E-state index in [-0.39, 0.29) is 28.4 Å². The highest BCUT2D eigenvalue weighted by Gasteiger charge is 2.27. The Morgan fingerprint density at radius 2 is 1.76 bits per heavy atom. The number of thioether (sulfide) groups is 2. The molecule has 0 saturated carbocycles. The van der Waals surface area contributed by atoms with Crippen LogP contribution in [0.2, 0.25) is 0 Å². The molecule has 2 heterocycles. The Morgan fingerprint density at radius 3 is 2.38 bits per heavy atom. The van der Waals surface area contributed by atoms with Gasteiger partial charge in [0, 0.05) is 30.0 Å². The summed E-state index contributed by atoms with van der Waals surface area (Å²) in [5, 5.41) is 6.27. The van der Waals surface area contributed by atoms with Crippen LogP contribution in [0.4, 0.5) is 11.4 Å². The summed E-state index contributed by atoms with van der Waals surface area (Å²) in [6.45, 7) is 3.51. The highest BCUT2D eigenvalue weighted by Crippen LogP contribution is 2.35. The van der Waals surface area contributed by atoms with Crippen molar-refractivity contribution >= 4 is 46.7 Å². The molecule has 0 aliphatic carbocycles. The van der Waals surface area contributed by atoms with E-state index in [1.165, 1.54) is 30.4 Å². The second kappa shape index (κ2) is 10.4. The minimum atomic E-state index is -0.226. The summed E-state index contributed by atoms with van der Waals surface area (Å²) in [6, 6.07) is 14.0. The zero-order valence-corrected chi connectivity index (χ0v) is 20.6. The average molecular weight is 497 g/mol. The molecule has 1 aliphatic heterocycles. The standard InChI is InChI=1S/C24H24N4O4S2/c1-14-12-20-22(34-14)23(31)28(18-8-10-19(32-3)11-9-18)24(27-20)33-13-21(30)26-17-6-4-16(5-7-17)25-15(2)29/h4-11,14H,12-13H2,1-3H3,(H,25,29)(H,26,30). The molecule has 0 saturated heterocycles. The first-order valence-electron chi connectivity index (χ1n) is 10.6. The van der Waals surface area contributed by atoms with E-state index in [1.807, 2.05) is 0 Å². The number of methoxy groups -OCH3 is 1. The molecule has 0 radical (unpaired) electrons. The lowest BCUT2D eigenvalue weighted by Crippen LogP contribution is -2.24. The molecule has 8 nitrogen and oxygen atoms in total. The number of carbonyl (C=O) groups is 2. The van der Waals surface area contributed by atoms with Gasteiger partial charge in [-0.05, 0) is 48.5 Å². The molecule has 4 rings (SSSR count). The SMILES string of the molecule is COc1ccc(-n2c(SCC(=O)Nc3ccc(NC(C)=O)cc3)nc3c(c2=O)SC(C)C3)cc1. The number of hydrogen-bond acceptors (Lipinski definition) is 7. The lowest BCUT2D eigenvalue weighted by molar-refractivity contribution is -0.114. The summed E-state index contributed by atoms with van der Waals surface area (Å²) in [6.07, 6.45) is 0.721. The Balaban J connectivity index is 1.54. The van der Waals surface area contributed by atoms with E-state index in [4.69, 9.17) is 9.72 Å². The Bertz CT molecular complexity index is 1270. The fraction of sp³-hybridized carbons (Fsp3) is 0.250. The largest absolute Gasteiger partial charge is 0.497 e. The third kappa shape index (κ3) is 5.45. The number of nitrogens with zero attached hydrogens (tertiary/aromatic N) is 2. The van der Waals surface area contributed by atoms with Gasteiger partial charge in [0.15, 0.2) is 5.16 Å². The third-order valence-electron chi connectivity index (χ3n) is 5.03. The van der Waals surface area contributed by atoms with Crippen molar-refractivity contribution in [2.45, 2.75) is 35.6 Å². The number of nitrogens with one attached hydrogen (secondary N) is 2. The van der Waals surface area contributed by atoms with Crippen LogP contribution in [0.5, 0.6) is 5.75 Å². The maximum atomic E-state index is 13.4. The summed E-state index contributed by atoms with van der Waals surface area (Å²) < 4.78 is 6.79. The number of amides is 2. The molecule has 34 heavy (non-hydrogen) atoms. The molecular weight excluding hydrogens is 472 g/mol. The van der Waals surface area contributed by atoms with E-state index in [9.17, 15) is 14.4 Å². The van der Waals surface area contributed by atoms with E-state index in [0.29, 0.717) is 32.9 Å². The molecule has 0 spiro atoms. The minimum Gasteiger partial charge on any atom is -0.497 e. The molecular formula is C24H24N4O4S2. The van der Waals surface area contributed by atoms with Crippen LogP contribution < -0.4 is 20.9 Å². The van der Waals surface area contributed by atoms with Gasteiger partial charge in [-0.25, -0.2) is 4.98 Å². The first-order valence-corrected chi connectivity index (χ1v) is 12.5. The van der Waals surface area contributed by atoms with Crippen LogP contribution in [0, 0.1) is 0 Å². The van der Waals surface area contributed by atoms with Gasteiger partial charge < -0.3 is 15.4 Å². The lowest BCUT2D eigenvalue weighted by atomic mass is 10.2. The summed E-state index contributed by atoms with van der Waals surface area (Å²) in [7, 11) is 1.59. The van der Waals surface area contributed by atoms with Crippen LogP contribution in [0.25, 0.3) is 5.69 Å². The van der Waals surface area contributed by atoms with Crippen LogP contribution in [-0.4, -0.2) is 39.5 Å². The van der Waals surface area contributed by atoms with Crippen molar-refractivity contribution in [3.63, 3.8) is 0 Å². The van der Waals surface area contributed by atoms with Gasteiger partial charge in [-0.3, -0.25) is 19.0 Å². The maximum absolute atomic E-state index is 13.4. The van der Waals surface area contributed by atoms with Gasteiger partial charge in [0.1, 0.15) is 5.75 Å². The summed E-state index contributed by atoms with van der Waals surface area (Å²) >= 11 is 2.75. The Hall–Kier alpha value is -3.24. The van der Waals surface area contributed by atoms with Crippen molar-refractivity contribution < 1.29 is 14.3 Å². The van der Waals surface area contributed by atoms with E-state index in [0.717, 1.165) is 12.1 Å². The smallest absolute Gasteiger partial charge is 0.272 e. The van der Waals surface area contributed by atoms with Gasteiger partial charge in [-0.15, -0.1) is 11.8 Å². The van der Waals surface area contributed by atoms with Crippen molar-refractivity contribution in [2.75, 3.05) is 23.5 Å². The lowest BCUT2D eigenvalue weighted by Gasteiger charge is -2.14. The van der Waals surface area contributed by atoms with Crippen molar-refractivity contribution in [3.8, 4) is 11.4 Å². The second-order valence-electron chi connectivity index (χ2n) is 7.74. The van der Waals surface area contributed by atoms with Crippen molar-refractivity contribution in [1.29, 1.82) is 0 Å². The number of benzene rings is 2. The number of hydrogen-bond donors (Lipinski definition) is 2. The molecule has 10 heteroatoms. The van der Waals surface area contributed by atoms with E-state index in [1.54, 1.807) is 60.2 Å². The molecule has 176 valence electrons. The minimum absolute atomic E-state index is 0.0809. The number of fused-ring (bicyclic) bond motifs is 1. The predicted octanol–water partition coefficient (Wildman–Crippen LogP) is 3.97. The number of rotatable bonds is 7. The monoisotopic (exact) mass is 496 g/mol. The highest BCUT2D eigenvalue weighted by atomic mass is 32.2. The average Bonchev–Trinajstić information content (AvgIpc) is 3.19. The van der Waals surface area contributed by atoms with Crippen LogP contribution >= 0.6 is 23.5 Å². The number of ether oxygens (including phenoxy) is 1. The van der Waals surface area contributed by atoms with Gasteiger partial charge in [-0.1, -0.05) is 18.7 Å². The zero-order valence-electron chi connectivity index (χ0n) is 19.0. The number of carbonyl (C=O) groups excluding carboxylic acids is 2. The van der Waals surface area contributed by atoms with Gasteiger partial charge in [-0.2, -0.15) is 0 Å². The second-order valence-corrected chi connectivity index (χ2v) is 10.1. The topological polar surface area (TPSA) is 102 Å². The normalized spacial score (nSPS) is 14.4. The molecule has 0 bridgehead atoms. The van der Waals surface area contributed by atoms with Crippen LogP contribution in [-0.2, 0) is 16.0 Å². The molecule has 1 aliphatic rings. The molecule has 1 unspecified atom stereocenters. The number of aromatic nitrogens is 2. The quantitative estimate of drug-likeness (QED) is 0.377. The van der Waals surface area contributed by atoms with Crippen LogP contribution in [0.3, 0.4) is 0 Å². The summed E-state index contributed by atoms with van der Waals surface area (Å²) in [5.74, 6) is 0.381. The number of anilines is 2. The van der Waals surface area contributed by atoms with E-state index in [2.05, 4.69) is 17.6 Å². The van der Waals surface area contributed by atoms with Gasteiger partial charge >= 0.3 is 0 Å². The fourth-order valence-corrected chi connectivity index (χ4v) is 5.45.